The van der Waals surface area contributed by atoms with Crippen LogP contribution in [0.5, 0.6) is 0 Å². The largest absolute Gasteiger partial charge is 0.361 e. The van der Waals surface area contributed by atoms with Crippen LogP contribution in [0.4, 0.5) is 11.4 Å². The minimum Gasteiger partial charge on any atom is -0.361 e. The van der Waals surface area contributed by atoms with Crippen molar-refractivity contribution in [1.82, 2.24) is 5.32 Å². The summed E-state index contributed by atoms with van der Waals surface area (Å²) in [4.78, 5) is 24.6. The first-order valence-electron chi connectivity index (χ1n) is 7.67. The number of carbonyl (C=O) groups is 1. The standard InChI is InChI=1S/C16H18N4O3/c1-16(10-17,12-3-4-12)18-15(21)9-19-7-6-11-2-5-13(20(22)23)8-14(11)19/h2,5,8,12H,3-4,6-7,9H2,1H3,(H,18,21)/t16-/m1/s1. The Bertz CT molecular complexity index is 708. The van der Waals surface area contributed by atoms with Gasteiger partial charge in [-0.1, -0.05) is 6.07 Å². The summed E-state index contributed by atoms with van der Waals surface area (Å²) >= 11 is 0. The number of hydrogen-bond acceptors (Lipinski definition) is 5. The second kappa shape index (κ2) is 5.54. The van der Waals surface area contributed by atoms with Crippen molar-refractivity contribution in [2.75, 3.05) is 18.0 Å². The molecule has 1 heterocycles. The number of anilines is 1. The highest BCUT2D eigenvalue weighted by molar-refractivity contribution is 5.83. The molecule has 3 rings (SSSR count). The Labute approximate surface area is 134 Å². The van der Waals surface area contributed by atoms with E-state index in [9.17, 15) is 20.2 Å². The van der Waals surface area contributed by atoms with Gasteiger partial charge in [-0.2, -0.15) is 5.26 Å². The number of nitrogens with one attached hydrogen (secondary N) is 1. The van der Waals surface area contributed by atoms with Crippen molar-refractivity contribution in [3.05, 3.63) is 33.9 Å². The average molecular weight is 314 g/mol. The first-order chi connectivity index (χ1) is 10.9. The monoisotopic (exact) mass is 314 g/mol. The van der Waals surface area contributed by atoms with Crippen LogP contribution in [-0.2, 0) is 11.2 Å². The Balaban J connectivity index is 1.71. The van der Waals surface area contributed by atoms with Gasteiger partial charge in [0.2, 0.25) is 5.91 Å². The van der Waals surface area contributed by atoms with Crippen LogP contribution in [0.15, 0.2) is 18.2 Å². The van der Waals surface area contributed by atoms with E-state index in [1.165, 1.54) is 12.1 Å². The minimum absolute atomic E-state index is 0.0240. The van der Waals surface area contributed by atoms with Crippen LogP contribution >= 0.6 is 0 Å². The fourth-order valence-corrected chi connectivity index (χ4v) is 3.10. The molecule has 0 unspecified atom stereocenters. The lowest BCUT2D eigenvalue weighted by atomic mass is 9.98. The second-order valence-electron chi connectivity index (χ2n) is 6.38. The van der Waals surface area contributed by atoms with E-state index in [2.05, 4.69) is 11.4 Å². The van der Waals surface area contributed by atoms with Crippen molar-refractivity contribution in [2.24, 2.45) is 5.92 Å². The average Bonchev–Trinajstić information content (AvgIpc) is 3.31. The summed E-state index contributed by atoms with van der Waals surface area (Å²) in [7, 11) is 0. The van der Waals surface area contributed by atoms with Gasteiger partial charge < -0.3 is 10.2 Å². The number of non-ortho nitro benzene ring substituents is 1. The van der Waals surface area contributed by atoms with Gasteiger partial charge in [-0.15, -0.1) is 0 Å². The van der Waals surface area contributed by atoms with Gasteiger partial charge in [0.25, 0.3) is 5.69 Å². The Morgan fingerprint density at radius 1 is 1.57 bits per heavy atom. The summed E-state index contributed by atoms with van der Waals surface area (Å²) in [6.07, 6.45) is 2.69. The Hall–Kier alpha value is -2.62. The number of nitro groups is 1. The van der Waals surface area contributed by atoms with Gasteiger partial charge in [0.1, 0.15) is 5.54 Å². The van der Waals surface area contributed by atoms with Crippen molar-refractivity contribution in [2.45, 2.75) is 31.7 Å². The summed E-state index contributed by atoms with van der Waals surface area (Å²) in [5.41, 5.74) is 0.950. The van der Waals surface area contributed by atoms with E-state index in [0.29, 0.717) is 6.54 Å². The lowest BCUT2D eigenvalue weighted by Crippen LogP contribution is -2.50. The molecule has 0 saturated heterocycles. The molecule has 23 heavy (non-hydrogen) atoms. The summed E-state index contributed by atoms with van der Waals surface area (Å²) in [5.74, 6) is 0.00343. The van der Waals surface area contributed by atoms with Crippen LogP contribution < -0.4 is 10.2 Å². The number of fused-ring (bicyclic) bond motifs is 1. The number of nitro benzene ring substituents is 1. The van der Waals surface area contributed by atoms with Crippen molar-refractivity contribution in [1.29, 1.82) is 5.26 Å². The molecule has 120 valence electrons. The zero-order chi connectivity index (χ0) is 16.6. The molecule has 0 spiro atoms. The molecule has 0 radical (unpaired) electrons. The van der Waals surface area contributed by atoms with E-state index >= 15 is 0 Å². The lowest BCUT2D eigenvalue weighted by Gasteiger charge is -2.25. The molecule has 1 aliphatic carbocycles. The predicted molar refractivity (Wildman–Crippen MR) is 83.9 cm³/mol. The molecule has 7 nitrogen and oxygen atoms in total. The highest BCUT2D eigenvalue weighted by Crippen LogP contribution is 2.39. The van der Waals surface area contributed by atoms with Crippen molar-refractivity contribution < 1.29 is 9.72 Å². The number of hydrogen-bond donors (Lipinski definition) is 1. The van der Waals surface area contributed by atoms with Gasteiger partial charge in [0.15, 0.2) is 0 Å². The third-order valence-electron chi connectivity index (χ3n) is 4.63. The summed E-state index contributed by atoms with van der Waals surface area (Å²) in [5, 5.41) is 23.0. The molecule has 1 saturated carbocycles. The SMILES string of the molecule is C[C@](C#N)(NC(=O)CN1CCc2ccc([N+](=O)[O-])cc21)C1CC1. The number of rotatable bonds is 5. The van der Waals surface area contributed by atoms with Gasteiger partial charge in [-0.25, -0.2) is 0 Å². The van der Waals surface area contributed by atoms with E-state index < -0.39 is 10.5 Å². The molecule has 1 N–H and O–H groups in total. The van der Waals surface area contributed by atoms with Crippen LogP contribution in [0.1, 0.15) is 25.3 Å². The van der Waals surface area contributed by atoms with Gasteiger partial charge in [-0.05, 0) is 37.7 Å². The van der Waals surface area contributed by atoms with Gasteiger partial charge in [0, 0.05) is 24.4 Å². The summed E-state index contributed by atoms with van der Waals surface area (Å²) in [6, 6.07) is 6.95. The topological polar surface area (TPSA) is 99.3 Å². The van der Waals surface area contributed by atoms with E-state index in [0.717, 1.165) is 30.5 Å². The normalized spacial score (nSPS) is 18.7. The molecule has 1 amide bonds. The number of nitrogens with zero attached hydrogens (tertiary/aromatic N) is 3. The molecule has 0 aromatic heterocycles. The molecule has 0 bridgehead atoms. The van der Waals surface area contributed by atoms with Crippen molar-refractivity contribution in [3.63, 3.8) is 0 Å². The molecule has 1 fully saturated rings. The lowest BCUT2D eigenvalue weighted by molar-refractivity contribution is -0.384. The van der Waals surface area contributed by atoms with E-state index in [1.54, 1.807) is 13.0 Å². The van der Waals surface area contributed by atoms with Gasteiger partial charge in [0.05, 0.1) is 17.5 Å². The molecule has 1 atom stereocenters. The van der Waals surface area contributed by atoms with E-state index in [-0.39, 0.29) is 24.1 Å². The van der Waals surface area contributed by atoms with Crippen LogP contribution in [0.25, 0.3) is 0 Å². The number of amides is 1. The molecule has 1 aliphatic heterocycles. The Kier molecular flexibility index (Phi) is 3.68. The maximum absolute atomic E-state index is 12.3. The molecule has 1 aromatic carbocycles. The Morgan fingerprint density at radius 3 is 2.91 bits per heavy atom. The van der Waals surface area contributed by atoms with Gasteiger partial charge in [-0.3, -0.25) is 14.9 Å². The van der Waals surface area contributed by atoms with Crippen LogP contribution in [0.3, 0.4) is 0 Å². The highest BCUT2D eigenvalue weighted by Gasteiger charge is 2.43. The van der Waals surface area contributed by atoms with E-state index in [4.69, 9.17) is 0 Å². The van der Waals surface area contributed by atoms with Gasteiger partial charge >= 0.3 is 0 Å². The summed E-state index contributed by atoms with van der Waals surface area (Å²) in [6.45, 7) is 2.51. The maximum atomic E-state index is 12.3. The number of nitriles is 1. The van der Waals surface area contributed by atoms with Crippen LogP contribution in [0, 0.1) is 27.4 Å². The smallest absolute Gasteiger partial charge is 0.271 e. The molecule has 7 heteroatoms. The zero-order valence-electron chi connectivity index (χ0n) is 12.9. The van der Waals surface area contributed by atoms with E-state index in [1.807, 2.05) is 4.90 Å². The number of carbonyl (C=O) groups excluding carboxylic acids is 1. The quantitative estimate of drug-likeness (QED) is 0.659. The molecular formula is C16H18N4O3. The van der Waals surface area contributed by atoms with Crippen LogP contribution in [-0.4, -0.2) is 29.5 Å². The fourth-order valence-electron chi connectivity index (χ4n) is 3.10. The molecule has 1 aromatic rings. The van der Waals surface area contributed by atoms with Crippen molar-refractivity contribution in [3.8, 4) is 6.07 Å². The molecular weight excluding hydrogens is 296 g/mol. The first kappa shape index (κ1) is 15.3. The second-order valence-corrected chi connectivity index (χ2v) is 6.38. The third-order valence-corrected chi connectivity index (χ3v) is 4.63. The summed E-state index contributed by atoms with van der Waals surface area (Å²) < 4.78 is 0. The minimum atomic E-state index is -0.817. The predicted octanol–water partition coefficient (Wildman–Crippen LogP) is 1.77. The molecule has 2 aliphatic rings. The highest BCUT2D eigenvalue weighted by atomic mass is 16.6. The first-order valence-corrected chi connectivity index (χ1v) is 7.67. The Morgan fingerprint density at radius 2 is 2.30 bits per heavy atom. The van der Waals surface area contributed by atoms with Crippen LogP contribution in [0.2, 0.25) is 0 Å². The number of benzene rings is 1. The third kappa shape index (κ3) is 2.97. The maximum Gasteiger partial charge on any atom is 0.271 e. The fraction of sp³-hybridized carbons (Fsp3) is 0.500. The van der Waals surface area contributed by atoms with Crippen molar-refractivity contribution >= 4 is 17.3 Å². The zero-order valence-corrected chi connectivity index (χ0v) is 12.9.